The van der Waals surface area contributed by atoms with Gasteiger partial charge in [0, 0.05) is 11.1 Å². The quantitative estimate of drug-likeness (QED) is 0.232. The topological polar surface area (TPSA) is 38.7 Å². The maximum absolute atomic E-state index is 6.38. The lowest BCUT2D eigenvalue weighted by molar-refractivity contribution is 1.07. The molecule has 0 atom stereocenters. The minimum atomic E-state index is 0.174. The lowest BCUT2D eigenvalue weighted by atomic mass is 9.99. The third-order valence-corrected chi connectivity index (χ3v) is 7.21. The van der Waals surface area contributed by atoms with Crippen molar-refractivity contribution < 1.29 is 0 Å². The zero-order valence-corrected chi connectivity index (χ0v) is 21.7. The van der Waals surface area contributed by atoms with Gasteiger partial charge in [-0.3, -0.25) is 0 Å². The van der Waals surface area contributed by atoms with E-state index in [0.717, 1.165) is 27.5 Å². The molecule has 0 saturated heterocycles. The number of hydrogen-bond acceptors (Lipinski definition) is 3. The number of rotatable bonds is 4. The number of fused-ring (bicyclic) bond motifs is 2. The van der Waals surface area contributed by atoms with Crippen molar-refractivity contribution in [3.63, 3.8) is 0 Å². The van der Waals surface area contributed by atoms with Crippen LogP contribution < -0.4 is 0 Å². The van der Waals surface area contributed by atoms with Gasteiger partial charge in [0.05, 0.1) is 0 Å². The molecule has 3 nitrogen and oxygen atoms in total. The molecule has 6 aromatic carbocycles. The molecule has 0 aliphatic heterocycles. The lowest BCUT2D eigenvalue weighted by Crippen LogP contribution is -1.97. The van der Waals surface area contributed by atoms with Crippen molar-refractivity contribution >= 4 is 33.1 Å². The summed E-state index contributed by atoms with van der Waals surface area (Å²) in [6.07, 6.45) is 0. The highest BCUT2D eigenvalue weighted by Crippen LogP contribution is 2.30. The van der Waals surface area contributed by atoms with E-state index in [-0.39, 0.29) is 5.28 Å². The summed E-state index contributed by atoms with van der Waals surface area (Å²) in [5, 5.41) is 4.90. The summed E-state index contributed by atoms with van der Waals surface area (Å²) in [5.41, 5.74) is 6.47. The van der Waals surface area contributed by atoms with E-state index in [1.54, 1.807) is 0 Å². The predicted octanol–water partition coefficient (Wildman–Crippen LogP) is 9.50. The van der Waals surface area contributed by atoms with Gasteiger partial charge in [0.25, 0.3) is 0 Å². The first kappa shape index (κ1) is 23.3. The van der Waals surface area contributed by atoms with Gasteiger partial charge in [0.15, 0.2) is 11.6 Å². The maximum atomic E-state index is 6.38. The fourth-order valence-electron chi connectivity index (χ4n) is 4.98. The monoisotopic (exact) mass is 519 g/mol. The van der Waals surface area contributed by atoms with Crippen molar-refractivity contribution in [3.8, 4) is 45.0 Å². The molecular weight excluding hydrogens is 498 g/mol. The second kappa shape index (κ2) is 9.79. The molecule has 39 heavy (non-hydrogen) atoms. The number of aromatic nitrogens is 3. The van der Waals surface area contributed by atoms with E-state index in [9.17, 15) is 0 Å². The molecule has 0 saturated carbocycles. The summed E-state index contributed by atoms with van der Waals surface area (Å²) in [7, 11) is 0. The van der Waals surface area contributed by atoms with Gasteiger partial charge in [0.2, 0.25) is 5.28 Å². The van der Waals surface area contributed by atoms with E-state index < -0.39 is 0 Å². The molecule has 0 aliphatic rings. The molecule has 0 N–H and O–H groups in total. The molecule has 0 fully saturated rings. The van der Waals surface area contributed by atoms with Crippen LogP contribution in [-0.4, -0.2) is 15.0 Å². The summed E-state index contributed by atoms with van der Waals surface area (Å²) in [4.78, 5) is 13.6. The molecule has 7 aromatic rings. The molecule has 0 radical (unpaired) electrons. The second-order valence-electron chi connectivity index (χ2n) is 9.53. The molecule has 1 aromatic heterocycles. The van der Waals surface area contributed by atoms with E-state index in [1.807, 2.05) is 24.3 Å². The molecule has 1 heterocycles. The Balaban J connectivity index is 1.20. The SMILES string of the molecule is Clc1nc(-c2ccc(-c3ccc4ccccc4c3)cc2)nc(-c2ccc3cc(-c4ccccc4)ccc3c2)n1. The Morgan fingerprint density at radius 3 is 1.46 bits per heavy atom. The van der Waals surface area contributed by atoms with Crippen molar-refractivity contribution in [2.75, 3.05) is 0 Å². The molecule has 4 heteroatoms. The van der Waals surface area contributed by atoms with E-state index in [4.69, 9.17) is 16.6 Å². The van der Waals surface area contributed by atoms with E-state index >= 15 is 0 Å². The van der Waals surface area contributed by atoms with Gasteiger partial charge in [-0.15, -0.1) is 0 Å². The van der Waals surface area contributed by atoms with E-state index in [0.29, 0.717) is 11.6 Å². The van der Waals surface area contributed by atoms with Crippen molar-refractivity contribution in [1.82, 2.24) is 15.0 Å². The summed E-state index contributed by atoms with van der Waals surface area (Å²) in [6, 6.07) is 46.3. The van der Waals surface area contributed by atoms with Crippen LogP contribution in [0.15, 0.2) is 133 Å². The van der Waals surface area contributed by atoms with Crippen LogP contribution in [0.1, 0.15) is 0 Å². The lowest BCUT2D eigenvalue weighted by Gasteiger charge is -2.09. The van der Waals surface area contributed by atoms with Crippen LogP contribution in [0.25, 0.3) is 66.6 Å². The van der Waals surface area contributed by atoms with Crippen LogP contribution >= 0.6 is 11.6 Å². The molecule has 0 amide bonds. The number of benzene rings is 6. The summed E-state index contributed by atoms with van der Waals surface area (Å²) < 4.78 is 0. The average molecular weight is 520 g/mol. The third kappa shape index (κ3) is 4.65. The van der Waals surface area contributed by atoms with Crippen molar-refractivity contribution in [3.05, 3.63) is 139 Å². The van der Waals surface area contributed by atoms with Crippen LogP contribution in [0.2, 0.25) is 5.28 Å². The van der Waals surface area contributed by atoms with Gasteiger partial charge in [0.1, 0.15) is 0 Å². The Hall–Kier alpha value is -4.86. The summed E-state index contributed by atoms with van der Waals surface area (Å²) >= 11 is 6.38. The third-order valence-electron chi connectivity index (χ3n) is 7.04. The minimum absolute atomic E-state index is 0.174. The van der Waals surface area contributed by atoms with Crippen LogP contribution in [0.3, 0.4) is 0 Å². The fourth-order valence-corrected chi connectivity index (χ4v) is 5.14. The van der Waals surface area contributed by atoms with E-state index in [2.05, 4.69) is 119 Å². The first-order valence-corrected chi connectivity index (χ1v) is 13.2. The number of halogens is 1. The van der Waals surface area contributed by atoms with Gasteiger partial charge in [-0.2, -0.15) is 9.97 Å². The molecule has 184 valence electrons. The summed E-state index contributed by atoms with van der Waals surface area (Å²) in [5.74, 6) is 1.10. The number of nitrogens with zero attached hydrogens (tertiary/aromatic N) is 3. The van der Waals surface area contributed by atoms with Crippen LogP contribution in [0.4, 0.5) is 0 Å². The smallest absolute Gasteiger partial charge is 0.208 e. The molecule has 0 spiro atoms. The molecular formula is C35H22ClN3. The van der Waals surface area contributed by atoms with Gasteiger partial charge >= 0.3 is 0 Å². The molecule has 7 rings (SSSR count). The van der Waals surface area contributed by atoms with Crippen molar-refractivity contribution in [1.29, 1.82) is 0 Å². The second-order valence-corrected chi connectivity index (χ2v) is 9.87. The Kier molecular flexibility index (Phi) is 5.84. The maximum Gasteiger partial charge on any atom is 0.226 e. The Labute approximate surface area is 231 Å². The first-order valence-electron chi connectivity index (χ1n) is 12.8. The highest BCUT2D eigenvalue weighted by molar-refractivity contribution is 6.28. The highest BCUT2D eigenvalue weighted by atomic mass is 35.5. The highest BCUT2D eigenvalue weighted by Gasteiger charge is 2.11. The fraction of sp³-hybridized carbons (Fsp3) is 0. The van der Waals surface area contributed by atoms with Gasteiger partial charge in [-0.1, -0.05) is 115 Å². The zero-order valence-electron chi connectivity index (χ0n) is 20.9. The predicted molar refractivity (Wildman–Crippen MR) is 162 cm³/mol. The normalized spacial score (nSPS) is 11.2. The standard InChI is InChI=1S/C35H22ClN3/c36-35-38-33(26-13-10-25(11-14-26)29-15-12-24-8-4-5-9-27(24)20-29)37-34(39-35)32-19-18-30-21-28(16-17-31(30)22-32)23-6-2-1-3-7-23/h1-22H. The van der Waals surface area contributed by atoms with Gasteiger partial charge < -0.3 is 0 Å². The number of hydrogen-bond donors (Lipinski definition) is 0. The van der Waals surface area contributed by atoms with Gasteiger partial charge in [-0.25, -0.2) is 4.98 Å². The molecule has 0 aliphatic carbocycles. The Bertz CT molecular complexity index is 1970. The van der Waals surface area contributed by atoms with E-state index in [1.165, 1.54) is 27.5 Å². The molecule has 0 bridgehead atoms. The Morgan fingerprint density at radius 1 is 0.333 bits per heavy atom. The average Bonchev–Trinajstić information content (AvgIpc) is 3.00. The Morgan fingerprint density at radius 2 is 0.769 bits per heavy atom. The van der Waals surface area contributed by atoms with Crippen LogP contribution in [-0.2, 0) is 0 Å². The van der Waals surface area contributed by atoms with Gasteiger partial charge in [-0.05, 0) is 73.6 Å². The first-order chi connectivity index (χ1) is 19.2. The zero-order chi connectivity index (χ0) is 26.2. The van der Waals surface area contributed by atoms with Crippen LogP contribution in [0.5, 0.6) is 0 Å². The van der Waals surface area contributed by atoms with Crippen molar-refractivity contribution in [2.24, 2.45) is 0 Å². The largest absolute Gasteiger partial charge is 0.226 e. The van der Waals surface area contributed by atoms with Crippen molar-refractivity contribution in [2.45, 2.75) is 0 Å². The molecule has 0 unspecified atom stereocenters. The summed E-state index contributed by atoms with van der Waals surface area (Å²) in [6.45, 7) is 0. The minimum Gasteiger partial charge on any atom is -0.208 e. The van der Waals surface area contributed by atoms with Crippen LogP contribution in [0, 0.1) is 0 Å².